The summed E-state index contributed by atoms with van der Waals surface area (Å²) in [4.78, 5) is 37.7. The van der Waals surface area contributed by atoms with Crippen molar-refractivity contribution in [3.05, 3.63) is 12.2 Å². The molecule has 7 nitrogen and oxygen atoms in total. The van der Waals surface area contributed by atoms with E-state index < -0.39 is 40.5 Å². The first-order valence-corrected chi connectivity index (χ1v) is 18.9. The van der Waals surface area contributed by atoms with Gasteiger partial charge < -0.3 is 20.1 Å². The average molecular weight is 638 g/mol. The Morgan fingerprint density at radius 1 is 0.533 bits per heavy atom. The third-order valence-electron chi connectivity index (χ3n) is 9.59. The monoisotopic (exact) mass is 638 g/mol. The number of nitrogens with zero attached hydrogens (tertiary/aromatic N) is 1. The van der Waals surface area contributed by atoms with Crippen molar-refractivity contribution in [3.63, 3.8) is 0 Å². The van der Waals surface area contributed by atoms with E-state index in [1.54, 1.807) is 0 Å². The van der Waals surface area contributed by atoms with Crippen LogP contribution >= 0.6 is 0 Å². The van der Waals surface area contributed by atoms with E-state index in [2.05, 4.69) is 19.1 Å². The van der Waals surface area contributed by atoms with Crippen LogP contribution in [0.2, 0.25) is 0 Å². The molecule has 0 fully saturated rings. The van der Waals surface area contributed by atoms with E-state index in [1.165, 1.54) is 89.9 Å². The van der Waals surface area contributed by atoms with Crippen LogP contribution < -0.4 is 5.11 Å². The fourth-order valence-corrected chi connectivity index (χ4v) is 7.22. The number of hydrogen-bond acceptors (Lipinski definition) is 4. The van der Waals surface area contributed by atoms with Crippen LogP contribution in [0.25, 0.3) is 0 Å². The molecule has 0 aromatic carbocycles. The van der Waals surface area contributed by atoms with Gasteiger partial charge in [0.25, 0.3) is 0 Å². The Balaban J connectivity index is 4.62. The van der Waals surface area contributed by atoms with Crippen LogP contribution in [0.1, 0.15) is 188 Å². The first-order chi connectivity index (χ1) is 21.7. The van der Waals surface area contributed by atoms with Gasteiger partial charge in [0.2, 0.25) is 0 Å². The van der Waals surface area contributed by atoms with Crippen molar-refractivity contribution in [2.45, 2.75) is 206 Å². The fourth-order valence-electron chi connectivity index (χ4n) is 7.22. The molecule has 0 bridgehead atoms. The highest BCUT2D eigenvalue weighted by Gasteiger charge is 2.54. The third kappa shape index (κ3) is 18.1. The van der Waals surface area contributed by atoms with E-state index in [1.807, 2.05) is 20.8 Å². The Bertz CT molecular complexity index is 722. The number of quaternary nitrogens is 1. The lowest BCUT2D eigenvalue weighted by Crippen LogP contribution is -2.74. The first-order valence-electron chi connectivity index (χ1n) is 18.9. The zero-order chi connectivity index (χ0) is 33.8. The molecule has 3 unspecified atom stereocenters. The molecule has 2 N–H and O–H groups in total. The Morgan fingerprint density at radius 2 is 0.867 bits per heavy atom. The van der Waals surface area contributed by atoms with Crippen molar-refractivity contribution >= 4 is 17.9 Å². The van der Waals surface area contributed by atoms with Gasteiger partial charge in [0.15, 0.2) is 12.1 Å². The lowest BCUT2D eigenvalue weighted by molar-refractivity contribution is -0.975. The van der Waals surface area contributed by atoms with Gasteiger partial charge in [-0.2, -0.15) is 0 Å². The molecule has 0 heterocycles. The predicted molar refractivity (Wildman–Crippen MR) is 184 cm³/mol. The van der Waals surface area contributed by atoms with E-state index in [-0.39, 0.29) is 25.8 Å². The maximum absolute atomic E-state index is 12.6. The molecular weight excluding hydrogens is 566 g/mol. The zero-order valence-corrected chi connectivity index (χ0v) is 29.7. The Kier molecular flexibility index (Phi) is 27.2. The van der Waals surface area contributed by atoms with Crippen LogP contribution in [0.4, 0.5) is 0 Å². The molecule has 0 aromatic heterocycles. The minimum absolute atomic E-state index is 0.209. The van der Waals surface area contributed by atoms with Gasteiger partial charge in [-0.3, -0.25) is 4.48 Å². The molecule has 0 aromatic rings. The molecule has 0 aliphatic rings. The number of carboxylic acids is 3. The van der Waals surface area contributed by atoms with Crippen LogP contribution in [0, 0.1) is 0 Å². The molecule has 0 saturated carbocycles. The summed E-state index contributed by atoms with van der Waals surface area (Å²) in [7, 11) is 0. The maximum Gasteiger partial charge on any atom is 0.362 e. The molecule has 0 spiro atoms. The number of aliphatic carboxylic acids is 3. The summed E-state index contributed by atoms with van der Waals surface area (Å²) in [5.74, 6) is -3.55. The van der Waals surface area contributed by atoms with E-state index >= 15 is 0 Å². The number of rotatable bonds is 33. The summed E-state index contributed by atoms with van der Waals surface area (Å²) < 4.78 is -0.431. The topological polar surface area (TPSA) is 115 Å². The first kappa shape index (κ1) is 43.1. The van der Waals surface area contributed by atoms with Gasteiger partial charge in [-0.1, -0.05) is 136 Å². The summed E-state index contributed by atoms with van der Waals surface area (Å²) >= 11 is 0. The van der Waals surface area contributed by atoms with Crippen LogP contribution in [0.15, 0.2) is 12.2 Å². The Hall–Kier alpha value is -1.89. The van der Waals surface area contributed by atoms with Crippen molar-refractivity contribution in [2.75, 3.05) is 6.54 Å². The van der Waals surface area contributed by atoms with E-state index in [4.69, 9.17) is 0 Å². The van der Waals surface area contributed by atoms with Crippen LogP contribution in [0.5, 0.6) is 0 Å². The van der Waals surface area contributed by atoms with Gasteiger partial charge in [0.05, 0.1) is 12.5 Å². The summed E-state index contributed by atoms with van der Waals surface area (Å²) in [5.41, 5.74) is 0. The van der Waals surface area contributed by atoms with Gasteiger partial charge in [-0.15, -0.1) is 0 Å². The molecule has 264 valence electrons. The predicted octanol–water partition coefficient (Wildman–Crippen LogP) is 9.22. The highest BCUT2D eigenvalue weighted by molar-refractivity contribution is 5.77. The van der Waals surface area contributed by atoms with Crippen molar-refractivity contribution in [1.29, 1.82) is 0 Å². The second-order valence-corrected chi connectivity index (χ2v) is 13.3. The standard InChI is InChI=1S/C38H71NO6/c1-5-9-10-11-12-13-14-15-16-17-18-19-20-21-22-23-24-25-26-27-28-32-39(33(29-6-2)36(40)41,34(30-7-3)37(42)43)35(31-8-4)38(44)45/h9-10,33-35H,5-8,11-32H2,1-4H3,(H2-,40,41,42,43,44,45)/b10-9+. The minimum atomic E-state index is -1.33. The second kappa shape index (κ2) is 28.3. The largest absolute Gasteiger partial charge is 0.544 e. The second-order valence-electron chi connectivity index (χ2n) is 13.3. The molecule has 7 heteroatoms. The van der Waals surface area contributed by atoms with Gasteiger partial charge in [-0.25, -0.2) is 9.59 Å². The molecule has 0 amide bonds. The van der Waals surface area contributed by atoms with Gasteiger partial charge >= 0.3 is 11.9 Å². The van der Waals surface area contributed by atoms with Crippen molar-refractivity contribution < 1.29 is 34.2 Å². The number of allylic oxidation sites excluding steroid dienone is 2. The van der Waals surface area contributed by atoms with Crippen molar-refractivity contribution in [2.24, 2.45) is 0 Å². The fraction of sp³-hybridized carbons (Fsp3) is 0.868. The molecular formula is C38H71NO6. The molecule has 3 atom stereocenters. The quantitative estimate of drug-likeness (QED) is 0.0421. The normalized spacial score (nSPS) is 15.1. The smallest absolute Gasteiger partial charge is 0.362 e. The zero-order valence-electron chi connectivity index (χ0n) is 29.7. The molecule has 0 aliphatic heterocycles. The molecule has 0 saturated heterocycles. The van der Waals surface area contributed by atoms with Crippen LogP contribution in [-0.2, 0) is 14.4 Å². The van der Waals surface area contributed by atoms with E-state index in [0.29, 0.717) is 25.7 Å². The summed E-state index contributed by atoms with van der Waals surface area (Å²) in [6.45, 7) is 8.01. The Labute approximate surface area is 276 Å². The van der Waals surface area contributed by atoms with Crippen molar-refractivity contribution in [3.8, 4) is 0 Å². The van der Waals surface area contributed by atoms with E-state index in [9.17, 15) is 29.7 Å². The molecule has 45 heavy (non-hydrogen) atoms. The number of carbonyl (C=O) groups is 3. The number of hydrogen-bond donors (Lipinski definition) is 2. The average Bonchev–Trinajstić information content (AvgIpc) is 3.00. The molecule has 0 rings (SSSR count). The lowest BCUT2D eigenvalue weighted by atomic mass is 9.91. The maximum atomic E-state index is 12.6. The van der Waals surface area contributed by atoms with E-state index in [0.717, 1.165) is 25.7 Å². The van der Waals surface area contributed by atoms with Crippen LogP contribution in [-0.4, -0.2) is 57.3 Å². The van der Waals surface area contributed by atoms with Gasteiger partial charge in [-0.05, 0) is 44.9 Å². The van der Waals surface area contributed by atoms with Gasteiger partial charge in [0, 0.05) is 19.3 Å². The summed E-state index contributed by atoms with van der Waals surface area (Å²) in [5, 5.41) is 33.1. The summed E-state index contributed by atoms with van der Waals surface area (Å²) in [6, 6.07) is -3.32. The minimum Gasteiger partial charge on any atom is -0.544 e. The summed E-state index contributed by atoms with van der Waals surface area (Å²) in [6.07, 6.45) is 30.0. The lowest BCUT2D eigenvalue weighted by Gasteiger charge is -2.52. The highest BCUT2D eigenvalue weighted by atomic mass is 16.4. The number of carboxylic acid groups (broad SMARTS) is 3. The highest BCUT2D eigenvalue weighted by Crippen LogP contribution is 2.34. The molecule has 0 aliphatic carbocycles. The van der Waals surface area contributed by atoms with Gasteiger partial charge in [0.1, 0.15) is 6.04 Å². The van der Waals surface area contributed by atoms with Crippen LogP contribution in [0.3, 0.4) is 0 Å². The third-order valence-corrected chi connectivity index (χ3v) is 9.59. The Morgan fingerprint density at radius 3 is 1.18 bits per heavy atom. The number of unbranched alkanes of at least 4 members (excludes halogenated alkanes) is 17. The number of carbonyl (C=O) groups excluding carboxylic acids is 1. The molecule has 0 radical (unpaired) electrons. The SMILES string of the molecule is CC/C=C/CCCCCCCCCCCCCCCCCCC[N+](C(CCC)C(=O)[O-])(C(CCC)C(=O)O)C(CCC)C(=O)O. The van der Waals surface area contributed by atoms with Crippen molar-refractivity contribution in [1.82, 2.24) is 0 Å².